The molecule has 0 aliphatic rings. The molecule has 0 aliphatic carbocycles. The van der Waals surface area contributed by atoms with E-state index >= 15 is 0 Å². The first kappa shape index (κ1) is 22.1. The first-order valence-electron chi connectivity index (χ1n) is 9.48. The number of amides is 2. The van der Waals surface area contributed by atoms with Gasteiger partial charge in [-0.3, -0.25) is 9.59 Å². The number of ether oxygens (including phenoxy) is 1. The molecule has 2 aromatic carbocycles. The highest BCUT2D eigenvalue weighted by molar-refractivity contribution is 5.98. The Balaban J connectivity index is 1.42. The topological polar surface area (TPSA) is 80.3 Å². The Kier molecular flexibility index (Phi) is 7.07. The Bertz CT molecular complexity index is 1070. The molecule has 0 unspecified atom stereocenters. The molecule has 0 spiro atoms. The number of hydrogen-bond donors (Lipinski definition) is 2. The van der Waals surface area contributed by atoms with Gasteiger partial charge in [0.05, 0.1) is 0 Å². The van der Waals surface area contributed by atoms with E-state index in [1.54, 1.807) is 18.2 Å². The number of aromatic nitrogens is 1. The molecule has 0 aliphatic heterocycles. The highest BCUT2D eigenvalue weighted by Crippen LogP contribution is 2.18. The van der Waals surface area contributed by atoms with Crippen LogP contribution in [-0.2, 0) is 11.3 Å². The third-order valence-corrected chi connectivity index (χ3v) is 4.32. The molecule has 0 atom stereocenters. The molecule has 31 heavy (non-hydrogen) atoms. The second-order valence-corrected chi connectivity index (χ2v) is 6.75. The molecule has 1 heterocycles. The molecule has 2 amide bonds. The highest BCUT2D eigenvalue weighted by Gasteiger charge is 2.28. The number of halogens is 3. The van der Waals surface area contributed by atoms with Gasteiger partial charge in [0.2, 0.25) is 11.8 Å². The zero-order valence-corrected chi connectivity index (χ0v) is 16.4. The van der Waals surface area contributed by atoms with Crippen LogP contribution in [0.4, 0.5) is 13.2 Å². The standard InChI is InChI=1S/C22H20F3N3O3/c23-22(24,25)14-31-20-11-15(7-9-26-20)13-28-19(29)8-10-27-21(30)18-6-5-16-3-1-2-4-17(16)12-18/h1-7,9,11-12H,8,10,13-14H2,(H,27,30)(H,28,29). The van der Waals surface area contributed by atoms with Gasteiger partial charge in [0, 0.05) is 37.3 Å². The minimum absolute atomic E-state index is 0.0574. The van der Waals surface area contributed by atoms with Gasteiger partial charge in [-0.05, 0) is 34.5 Å². The van der Waals surface area contributed by atoms with E-state index in [0.29, 0.717) is 11.1 Å². The Labute approximate surface area is 176 Å². The van der Waals surface area contributed by atoms with E-state index in [1.807, 2.05) is 30.3 Å². The van der Waals surface area contributed by atoms with E-state index in [9.17, 15) is 22.8 Å². The summed E-state index contributed by atoms with van der Waals surface area (Å²) in [7, 11) is 0. The van der Waals surface area contributed by atoms with Gasteiger partial charge in [-0.2, -0.15) is 13.2 Å². The van der Waals surface area contributed by atoms with Gasteiger partial charge in [0.1, 0.15) is 0 Å². The predicted octanol–water partition coefficient (Wildman–Crippen LogP) is 3.61. The molecule has 1 aromatic heterocycles. The van der Waals surface area contributed by atoms with E-state index in [1.165, 1.54) is 12.3 Å². The Hall–Kier alpha value is -3.62. The minimum atomic E-state index is -4.46. The second-order valence-electron chi connectivity index (χ2n) is 6.75. The van der Waals surface area contributed by atoms with Crippen molar-refractivity contribution in [2.75, 3.05) is 13.2 Å². The first-order valence-corrected chi connectivity index (χ1v) is 9.48. The van der Waals surface area contributed by atoms with Gasteiger partial charge in [-0.25, -0.2) is 4.98 Å². The normalized spacial score (nSPS) is 11.2. The van der Waals surface area contributed by atoms with Crippen LogP contribution in [0.5, 0.6) is 5.88 Å². The van der Waals surface area contributed by atoms with Crippen LogP contribution in [0.2, 0.25) is 0 Å². The molecule has 0 bridgehead atoms. The van der Waals surface area contributed by atoms with Crippen molar-refractivity contribution in [2.24, 2.45) is 0 Å². The van der Waals surface area contributed by atoms with E-state index in [0.717, 1.165) is 10.8 Å². The molecule has 0 saturated carbocycles. The number of hydrogen-bond acceptors (Lipinski definition) is 4. The van der Waals surface area contributed by atoms with Gasteiger partial charge in [0.25, 0.3) is 5.91 Å². The van der Waals surface area contributed by atoms with Crippen molar-refractivity contribution in [1.82, 2.24) is 15.6 Å². The fourth-order valence-corrected chi connectivity index (χ4v) is 2.81. The molecule has 0 saturated heterocycles. The number of fused-ring (bicyclic) bond motifs is 1. The Morgan fingerprint density at radius 3 is 2.52 bits per heavy atom. The van der Waals surface area contributed by atoms with E-state index in [4.69, 9.17) is 0 Å². The lowest BCUT2D eigenvalue weighted by Gasteiger charge is -2.10. The summed E-state index contributed by atoms with van der Waals surface area (Å²) in [4.78, 5) is 28.0. The van der Waals surface area contributed by atoms with Crippen LogP contribution in [-0.4, -0.2) is 36.1 Å². The summed E-state index contributed by atoms with van der Waals surface area (Å²) >= 11 is 0. The molecule has 3 rings (SSSR count). The average Bonchev–Trinajstić information content (AvgIpc) is 2.75. The maximum absolute atomic E-state index is 12.3. The molecule has 3 aromatic rings. The molecule has 9 heteroatoms. The molecular weight excluding hydrogens is 411 g/mol. The van der Waals surface area contributed by atoms with Gasteiger partial charge in [-0.1, -0.05) is 30.3 Å². The van der Waals surface area contributed by atoms with Crippen molar-refractivity contribution in [3.8, 4) is 5.88 Å². The van der Waals surface area contributed by atoms with Crippen molar-refractivity contribution >= 4 is 22.6 Å². The molecule has 162 valence electrons. The summed E-state index contributed by atoms with van der Waals surface area (Å²) in [6.07, 6.45) is -3.10. The maximum atomic E-state index is 12.3. The van der Waals surface area contributed by atoms with Gasteiger partial charge in [-0.15, -0.1) is 0 Å². The molecule has 6 nitrogen and oxygen atoms in total. The highest BCUT2D eigenvalue weighted by atomic mass is 19.4. The van der Waals surface area contributed by atoms with Gasteiger partial charge >= 0.3 is 6.18 Å². The number of rotatable bonds is 8. The lowest BCUT2D eigenvalue weighted by molar-refractivity contribution is -0.154. The van der Waals surface area contributed by atoms with E-state index in [-0.39, 0.29) is 37.2 Å². The Morgan fingerprint density at radius 1 is 0.968 bits per heavy atom. The number of benzene rings is 2. The molecule has 0 fully saturated rings. The number of nitrogens with one attached hydrogen (secondary N) is 2. The predicted molar refractivity (Wildman–Crippen MR) is 109 cm³/mol. The largest absolute Gasteiger partial charge is 0.468 e. The molecule has 0 radical (unpaired) electrons. The average molecular weight is 431 g/mol. The fraction of sp³-hybridized carbons (Fsp3) is 0.227. The fourth-order valence-electron chi connectivity index (χ4n) is 2.81. The van der Waals surface area contributed by atoms with Crippen LogP contribution >= 0.6 is 0 Å². The van der Waals surface area contributed by atoms with Crippen LogP contribution in [0.15, 0.2) is 60.8 Å². The number of pyridine rings is 1. The van der Waals surface area contributed by atoms with Crippen molar-refractivity contribution < 1.29 is 27.5 Å². The van der Waals surface area contributed by atoms with Crippen molar-refractivity contribution in [3.63, 3.8) is 0 Å². The van der Waals surface area contributed by atoms with Crippen molar-refractivity contribution in [2.45, 2.75) is 19.1 Å². The lowest BCUT2D eigenvalue weighted by Crippen LogP contribution is -2.30. The lowest BCUT2D eigenvalue weighted by atomic mass is 10.1. The van der Waals surface area contributed by atoms with Crippen LogP contribution in [0.25, 0.3) is 10.8 Å². The Morgan fingerprint density at radius 2 is 1.74 bits per heavy atom. The van der Waals surface area contributed by atoms with Crippen LogP contribution < -0.4 is 15.4 Å². The number of nitrogens with zero attached hydrogens (tertiary/aromatic N) is 1. The number of alkyl halides is 3. The van der Waals surface area contributed by atoms with Crippen LogP contribution in [0, 0.1) is 0 Å². The number of carbonyl (C=O) groups excluding carboxylic acids is 2. The van der Waals surface area contributed by atoms with Crippen LogP contribution in [0.1, 0.15) is 22.3 Å². The third-order valence-electron chi connectivity index (χ3n) is 4.32. The summed E-state index contributed by atoms with van der Waals surface area (Å²) in [6.45, 7) is -1.19. The summed E-state index contributed by atoms with van der Waals surface area (Å²) in [5.41, 5.74) is 1.04. The second kappa shape index (κ2) is 9.92. The molecule has 2 N–H and O–H groups in total. The van der Waals surface area contributed by atoms with Crippen LogP contribution in [0.3, 0.4) is 0 Å². The van der Waals surface area contributed by atoms with Crippen molar-refractivity contribution in [1.29, 1.82) is 0 Å². The van der Waals surface area contributed by atoms with Gasteiger partial charge in [0.15, 0.2) is 6.61 Å². The van der Waals surface area contributed by atoms with E-state index < -0.39 is 12.8 Å². The maximum Gasteiger partial charge on any atom is 0.422 e. The summed E-state index contributed by atoms with van der Waals surface area (Å²) in [5, 5.41) is 7.31. The summed E-state index contributed by atoms with van der Waals surface area (Å²) in [6, 6.07) is 15.9. The zero-order chi connectivity index (χ0) is 22.3. The monoisotopic (exact) mass is 431 g/mol. The van der Waals surface area contributed by atoms with Crippen molar-refractivity contribution in [3.05, 3.63) is 71.9 Å². The smallest absolute Gasteiger partial charge is 0.422 e. The summed E-state index contributed by atoms with van der Waals surface area (Å²) in [5.74, 6) is -0.765. The first-order chi connectivity index (χ1) is 14.8. The zero-order valence-electron chi connectivity index (χ0n) is 16.4. The van der Waals surface area contributed by atoms with E-state index in [2.05, 4.69) is 20.4 Å². The number of carbonyl (C=O) groups is 2. The van der Waals surface area contributed by atoms with Gasteiger partial charge < -0.3 is 15.4 Å². The quantitative estimate of drug-likeness (QED) is 0.571. The molecular formula is C22H20F3N3O3. The summed E-state index contributed by atoms with van der Waals surface area (Å²) < 4.78 is 41.2. The third kappa shape index (κ3) is 6.98. The minimum Gasteiger partial charge on any atom is -0.468 e. The SMILES string of the molecule is O=C(CCNC(=O)c1ccc2ccccc2c1)NCc1ccnc(OCC(F)(F)F)c1.